The molecule has 8 nitrogen and oxygen atoms in total. The van der Waals surface area contributed by atoms with Gasteiger partial charge in [-0.05, 0) is 56.5 Å². The summed E-state index contributed by atoms with van der Waals surface area (Å²) in [5, 5.41) is 3.06. The van der Waals surface area contributed by atoms with Crippen LogP contribution in [0, 0.1) is 5.82 Å². The van der Waals surface area contributed by atoms with Crippen molar-refractivity contribution in [2.45, 2.75) is 70.5 Å². The van der Waals surface area contributed by atoms with Crippen LogP contribution in [-0.4, -0.2) is 57.1 Å². The quantitative estimate of drug-likeness (QED) is 0.429. The predicted molar refractivity (Wildman–Crippen MR) is 146 cm³/mol. The normalized spacial score (nSPS) is 14.9. The van der Waals surface area contributed by atoms with Gasteiger partial charge in [-0.1, -0.05) is 37.5 Å². The summed E-state index contributed by atoms with van der Waals surface area (Å²) in [6.07, 6.45) is 6.42. The molecule has 0 aromatic heterocycles. The number of hydrogen-bond acceptors (Lipinski definition) is 5. The van der Waals surface area contributed by atoms with Crippen LogP contribution in [0.5, 0.6) is 5.75 Å². The Morgan fingerprint density at radius 1 is 1.08 bits per heavy atom. The molecule has 0 unspecified atom stereocenters. The van der Waals surface area contributed by atoms with Crippen molar-refractivity contribution in [2.24, 2.45) is 0 Å². The minimum absolute atomic E-state index is 0.00231. The third-order valence-electron chi connectivity index (χ3n) is 6.93. The number of nitrogens with one attached hydrogen (secondary N) is 1. The molecule has 1 atom stereocenters. The molecular formula is C28H38FN3O5S. The highest BCUT2D eigenvalue weighted by Gasteiger charge is 2.29. The fourth-order valence-electron chi connectivity index (χ4n) is 4.71. The summed E-state index contributed by atoms with van der Waals surface area (Å²) in [6, 6.07) is 12.1. The van der Waals surface area contributed by atoms with E-state index >= 15 is 0 Å². The van der Waals surface area contributed by atoms with Crippen molar-refractivity contribution in [3.63, 3.8) is 0 Å². The predicted octanol–water partition coefficient (Wildman–Crippen LogP) is 4.25. The van der Waals surface area contributed by atoms with Gasteiger partial charge < -0.3 is 15.0 Å². The topological polar surface area (TPSA) is 96.0 Å². The average Bonchev–Trinajstić information content (AvgIpc) is 2.90. The molecule has 0 heterocycles. The zero-order valence-corrected chi connectivity index (χ0v) is 23.2. The lowest BCUT2D eigenvalue weighted by Crippen LogP contribution is -2.50. The first kappa shape index (κ1) is 29.4. The van der Waals surface area contributed by atoms with Crippen LogP contribution in [0.15, 0.2) is 48.5 Å². The maximum atomic E-state index is 14.5. The second-order valence-corrected chi connectivity index (χ2v) is 11.7. The van der Waals surface area contributed by atoms with Crippen molar-refractivity contribution < 1.29 is 27.1 Å². The van der Waals surface area contributed by atoms with E-state index in [9.17, 15) is 22.4 Å². The van der Waals surface area contributed by atoms with Crippen LogP contribution in [-0.2, 0) is 26.2 Å². The van der Waals surface area contributed by atoms with Crippen molar-refractivity contribution in [2.75, 3.05) is 24.2 Å². The van der Waals surface area contributed by atoms with Gasteiger partial charge in [0, 0.05) is 31.1 Å². The van der Waals surface area contributed by atoms with Crippen LogP contribution in [0.4, 0.5) is 10.1 Å². The Balaban J connectivity index is 1.71. The second kappa shape index (κ2) is 13.6. The summed E-state index contributed by atoms with van der Waals surface area (Å²) in [5.41, 5.74) is 0.776. The number of carbonyl (C=O) groups is 2. The molecule has 208 valence electrons. The average molecular weight is 548 g/mol. The van der Waals surface area contributed by atoms with Crippen LogP contribution in [0.2, 0.25) is 0 Å². The van der Waals surface area contributed by atoms with Gasteiger partial charge in [0.05, 0.1) is 19.1 Å². The molecule has 10 heteroatoms. The zero-order valence-electron chi connectivity index (χ0n) is 22.4. The summed E-state index contributed by atoms with van der Waals surface area (Å²) >= 11 is 0. The van der Waals surface area contributed by atoms with Gasteiger partial charge in [-0.3, -0.25) is 13.9 Å². The number of rotatable bonds is 12. The molecule has 2 aromatic rings. The van der Waals surface area contributed by atoms with Crippen molar-refractivity contribution >= 4 is 27.5 Å². The molecule has 0 spiro atoms. The lowest BCUT2D eigenvalue weighted by atomic mass is 9.95. The minimum Gasteiger partial charge on any atom is -0.497 e. The van der Waals surface area contributed by atoms with Gasteiger partial charge in [-0.2, -0.15) is 0 Å². The van der Waals surface area contributed by atoms with Crippen molar-refractivity contribution in [3.8, 4) is 5.75 Å². The first-order valence-electron chi connectivity index (χ1n) is 13.0. The number of carbonyl (C=O) groups excluding carboxylic acids is 2. The number of hydrogen-bond donors (Lipinski definition) is 1. The maximum Gasteiger partial charge on any atom is 0.242 e. The Labute approximate surface area is 225 Å². The van der Waals surface area contributed by atoms with Crippen LogP contribution in [0.3, 0.4) is 0 Å². The van der Waals surface area contributed by atoms with E-state index in [1.807, 2.05) is 0 Å². The number of benzene rings is 2. The lowest BCUT2D eigenvalue weighted by Gasteiger charge is -2.31. The van der Waals surface area contributed by atoms with Crippen molar-refractivity contribution in [3.05, 3.63) is 59.9 Å². The van der Waals surface area contributed by atoms with Gasteiger partial charge in [-0.15, -0.1) is 0 Å². The fraction of sp³-hybridized carbons (Fsp3) is 0.500. The number of ether oxygens (including phenoxy) is 1. The van der Waals surface area contributed by atoms with E-state index in [1.165, 1.54) is 22.4 Å². The number of nitrogens with zero attached hydrogens (tertiary/aromatic N) is 2. The number of sulfonamides is 1. The molecule has 1 saturated carbocycles. The summed E-state index contributed by atoms with van der Waals surface area (Å²) in [4.78, 5) is 27.9. The van der Waals surface area contributed by atoms with E-state index in [0.717, 1.165) is 38.4 Å². The molecule has 0 bridgehead atoms. The first-order chi connectivity index (χ1) is 18.1. The Bertz CT molecular complexity index is 1180. The minimum atomic E-state index is -3.60. The Hall–Kier alpha value is -3.14. The van der Waals surface area contributed by atoms with Crippen LogP contribution < -0.4 is 14.4 Å². The van der Waals surface area contributed by atoms with Gasteiger partial charge in [-0.25, -0.2) is 12.8 Å². The summed E-state index contributed by atoms with van der Waals surface area (Å²) in [7, 11) is -2.08. The Morgan fingerprint density at radius 2 is 1.74 bits per heavy atom. The third-order valence-corrected chi connectivity index (χ3v) is 8.12. The highest BCUT2D eigenvalue weighted by atomic mass is 32.2. The zero-order chi connectivity index (χ0) is 27.7. The van der Waals surface area contributed by atoms with Gasteiger partial charge >= 0.3 is 0 Å². The molecule has 2 amide bonds. The standard InChI is InChI=1S/C28H38FN3O5S/c1-21(28(34)30-23-11-5-4-6-12-23)31(20-22-10-7-8-13-26(22)29)27(33)14-9-19-32(38(3,35)36)24-15-17-25(37-2)18-16-24/h7-8,10,13,15-18,21,23H,4-6,9,11-12,14,19-20H2,1-3H3,(H,30,34)/t21-/m0/s1. The highest BCUT2D eigenvalue weighted by molar-refractivity contribution is 7.92. The number of methoxy groups -OCH3 is 1. The molecule has 1 aliphatic rings. The molecule has 1 aliphatic carbocycles. The summed E-state index contributed by atoms with van der Waals surface area (Å²) in [6.45, 7) is 1.67. The molecule has 38 heavy (non-hydrogen) atoms. The van der Waals surface area contributed by atoms with E-state index in [1.54, 1.807) is 49.4 Å². The highest BCUT2D eigenvalue weighted by Crippen LogP contribution is 2.23. The molecule has 1 fully saturated rings. The van der Waals surface area contributed by atoms with Crippen LogP contribution in [0.25, 0.3) is 0 Å². The summed E-state index contributed by atoms with van der Waals surface area (Å²) in [5.74, 6) is -0.463. The van der Waals surface area contributed by atoms with Gasteiger partial charge in [0.15, 0.2) is 0 Å². The lowest BCUT2D eigenvalue weighted by molar-refractivity contribution is -0.141. The van der Waals surface area contributed by atoms with Gasteiger partial charge in [0.2, 0.25) is 21.8 Å². The molecule has 0 aliphatic heterocycles. The van der Waals surface area contributed by atoms with E-state index in [4.69, 9.17) is 4.74 Å². The van der Waals surface area contributed by atoms with Crippen molar-refractivity contribution in [1.29, 1.82) is 0 Å². The van der Waals surface area contributed by atoms with E-state index < -0.39 is 21.9 Å². The van der Waals surface area contributed by atoms with E-state index in [2.05, 4.69) is 5.32 Å². The maximum absolute atomic E-state index is 14.5. The number of amides is 2. The Morgan fingerprint density at radius 3 is 2.34 bits per heavy atom. The first-order valence-corrected chi connectivity index (χ1v) is 14.9. The molecule has 0 saturated heterocycles. The monoisotopic (exact) mass is 547 g/mol. The SMILES string of the molecule is COc1ccc(N(CCCC(=O)N(Cc2ccccc2F)[C@@H](C)C(=O)NC2CCCCC2)S(C)(=O)=O)cc1. The Kier molecular flexibility index (Phi) is 10.5. The van der Waals surface area contributed by atoms with E-state index in [0.29, 0.717) is 17.0 Å². The molecule has 2 aromatic carbocycles. The number of halogens is 1. The molecular weight excluding hydrogens is 509 g/mol. The second-order valence-electron chi connectivity index (χ2n) is 9.77. The molecule has 0 radical (unpaired) electrons. The fourth-order valence-corrected chi connectivity index (χ4v) is 5.68. The summed E-state index contributed by atoms with van der Waals surface area (Å²) < 4.78 is 45.8. The van der Waals surface area contributed by atoms with Crippen LogP contribution >= 0.6 is 0 Å². The van der Waals surface area contributed by atoms with Gasteiger partial charge in [0.1, 0.15) is 17.6 Å². The molecule has 1 N–H and O–H groups in total. The van der Waals surface area contributed by atoms with E-state index in [-0.39, 0.29) is 43.8 Å². The smallest absolute Gasteiger partial charge is 0.242 e. The largest absolute Gasteiger partial charge is 0.497 e. The van der Waals surface area contributed by atoms with Crippen LogP contribution in [0.1, 0.15) is 57.4 Å². The number of anilines is 1. The van der Waals surface area contributed by atoms with Gasteiger partial charge in [0.25, 0.3) is 0 Å². The van der Waals surface area contributed by atoms with Crippen molar-refractivity contribution in [1.82, 2.24) is 10.2 Å². The molecule has 3 rings (SSSR count). The third kappa shape index (κ3) is 8.18.